The maximum Gasteiger partial charge on any atom is 0.311 e. The quantitative estimate of drug-likeness (QED) is 0.583. The molecular weight excluding hydrogens is 306 g/mol. The fourth-order valence-corrected chi connectivity index (χ4v) is 2.37. The molecule has 118 valence electrons. The molecule has 0 bridgehead atoms. The summed E-state index contributed by atoms with van der Waals surface area (Å²) in [7, 11) is 0. The molecule has 0 atom stereocenters. The number of aromatic nitrogens is 1. The van der Waals surface area contributed by atoms with Crippen LogP contribution in [0, 0.1) is 10.1 Å². The van der Waals surface area contributed by atoms with Crippen molar-refractivity contribution in [3.63, 3.8) is 0 Å². The zero-order valence-electron chi connectivity index (χ0n) is 12.5. The van der Waals surface area contributed by atoms with Crippen molar-refractivity contribution in [2.45, 2.75) is 0 Å². The normalized spacial score (nSPS) is 10.2. The largest absolute Gasteiger partial charge is 0.311 e. The number of hydrogen-bond donors (Lipinski definition) is 1. The molecule has 6 heteroatoms. The van der Waals surface area contributed by atoms with Crippen molar-refractivity contribution in [1.29, 1.82) is 0 Å². The van der Waals surface area contributed by atoms with Crippen LogP contribution in [0.5, 0.6) is 0 Å². The van der Waals surface area contributed by atoms with E-state index in [9.17, 15) is 14.9 Å². The van der Waals surface area contributed by atoms with E-state index in [0.29, 0.717) is 5.56 Å². The van der Waals surface area contributed by atoms with Crippen LogP contribution < -0.4 is 5.32 Å². The average Bonchev–Trinajstić information content (AvgIpc) is 2.62. The highest BCUT2D eigenvalue weighted by molar-refractivity contribution is 6.09. The number of anilines is 1. The number of carbonyl (C=O) groups excluding carboxylic acids is 1. The summed E-state index contributed by atoms with van der Waals surface area (Å²) in [5.74, 6) is -0.522. The van der Waals surface area contributed by atoms with E-state index in [1.807, 2.05) is 42.5 Å². The van der Waals surface area contributed by atoms with Crippen LogP contribution in [-0.2, 0) is 0 Å². The number of hydrogen-bond acceptors (Lipinski definition) is 4. The van der Waals surface area contributed by atoms with Gasteiger partial charge in [0, 0.05) is 17.8 Å². The Bertz CT molecular complexity index is 895. The Hall–Kier alpha value is -3.54. The molecular formula is C18H13N3O3. The molecule has 1 heterocycles. The zero-order chi connectivity index (χ0) is 16.9. The second-order valence-electron chi connectivity index (χ2n) is 4.99. The number of nitrogens with zero attached hydrogens (tertiary/aromatic N) is 2. The summed E-state index contributed by atoms with van der Waals surface area (Å²) in [6, 6.07) is 19.3. The van der Waals surface area contributed by atoms with Crippen LogP contribution in [0.15, 0.2) is 72.9 Å². The predicted molar refractivity (Wildman–Crippen MR) is 90.7 cm³/mol. The van der Waals surface area contributed by atoms with Gasteiger partial charge in [0.15, 0.2) is 0 Å². The predicted octanol–water partition coefficient (Wildman–Crippen LogP) is 3.91. The Morgan fingerprint density at radius 2 is 1.67 bits per heavy atom. The summed E-state index contributed by atoms with van der Waals surface area (Å²) in [5.41, 5.74) is 1.81. The third kappa shape index (κ3) is 3.12. The third-order valence-corrected chi connectivity index (χ3v) is 3.47. The highest BCUT2D eigenvalue weighted by Gasteiger charge is 2.19. The van der Waals surface area contributed by atoms with Gasteiger partial charge in [-0.2, -0.15) is 0 Å². The molecule has 1 N–H and O–H groups in total. The van der Waals surface area contributed by atoms with Gasteiger partial charge in [0.25, 0.3) is 5.91 Å². The van der Waals surface area contributed by atoms with Crippen LogP contribution in [0.1, 0.15) is 10.4 Å². The Morgan fingerprint density at radius 3 is 2.42 bits per heavy atom. The molecule has 0 aliphatic heterocycles. The monoisotopic (exact) mass is 319 g/mol. The first-order valence-electron chi connectivity index (χ1n) is 7.22. The molecule has 2 aromatic carbocycles. The summed E-state index contributed by atoms with van der Waals surface area (Å²) in [6.45, 7) is 0. The average molecular weight is 319 g/mol. The first-order chi connectivity index (χ1) is 11.7. The molecule has 0 radical (unpaired) electrons. The van der Waals surface area contributed by atoms with Gasteiger partial charge in [-0.1, -0.05) is 48.5 Å². The fourth-order valence-electron chi connectivity index (χ4n) is 2.37. The Morgan fingerprint density at radius 1 is 0.958 bits per heavy atom. The van der Waals surface area contributed by atoms with Gasteiger partial charge in [0.2, 0.25) is 5.82 Å². The molecule has 1 aromatic heterocycles. The summed E-state index contributed by atoms with van der Waals surface area (Å²) in [5, 5.41) is 13.6. The molecule has 0 saturated carbocycles. The molecule has 0 spiro atoms. The SMILES string of the molecule is O=C(Nc1ncccc1[N+](=O)[O-])c1ccccc1-c1ccccc1. The zero-order valence-corrected chi connectivity index (χ0v) is 12.5. The van der Waals surface area contributed by atoms with Crippen LogP contribution in [0.25, 0.3) is 11.1 Å². The second-order valence-corrected chi connectivity index (χ2v) is 4.99. The van der Waals surface area contributed by atoms with Crippen LogP contribution in [0.2, 0.25) is 0 Å². The third-order valence-electron chi connectivity index (χ3n) is 3.47. The Kier molecular flexibility index (Phi) is 4.29. The summed E-state index contributed by atoms with van der Waals surface area (Å²) in [4.78, 5) is 27.0. The van der Waals surface area contributed by atoms with Gasteiger partial charge in [-0.3, -0.25) is 14.9 Å². The van der Waals surface area contributed by atoms with Gasteiger partial charge in [-0.15, -0.1) is 0 Å². The summed E-state index contributed by atoms with van der Waals surface area (Å²) >= 11 is 0. The first-order valence-corrected chi connectivity index (χ1v) is 7.22. The van der Waals surface area contributed by atoms with Crippen LogP contribution in [0.4, 0.5) is 11.5 Å². The molecule has 0 fully saturated rings. The van der Waals surface area contributed by atoms with Gasteiger partial charge in [0.1, 0.15) is 0 Å². The van der Waals surface area contributed by atoms with Gasteiger partial charge in [-0.25, -0.2) is 4.98 Å². The number of nitrogens with one attached hydrogen (secondary N) is 1. The van der Waals surface area contributed by atoms with E-state index in [4.69, 9.17) is 0 Å². The Balaban J connectivity index is 1.97. The molecule has 0 aliphatic rings. The molecule has 24 heavy (non-hydrogen) atoms. The molecule has 0 saturated heterocycles. The molecule has 1 amide bonds. The lowest BCUT2D eigenvalue weighted by Gasteiger charge is -2.10. The van der Waals surface area contributed by atoms with Crippen molar-refractivity contribution in [2.24, 2.45) is 0 Å². The fraction of sp³-hybridized carbons (Fsp3) is 0. The van der Waals surface area contributed by atoms with Gasteiger partial charge in [-0.05, 0) is 23.3 Å². The van der Waals surface area contributed by atoms with Crippen molar-refractivity contribution in [1.82, 2.24) is 4.98 Å². The lowest BCUT2D eigenvalue weighted by molar-refractivity contribution is -0.384. The van der Waals surface area contributed by atoms with Crippen molar-refractivity contribution in [3.8, 4) is 11.1 Å². The number of benzene rings is 2. The van der Waals surface area contributed by atoms with Crippen molar-refractivity contribution in [2.75, 3.05) is 5.32 Å². The van der Waals surface area contributed by atoms with E-state index in [1.165, 1.54) is 18.3 Å². The van der Waals surface area contributed by atoms with Crippen LogP contribution >= 0.6 is 0 Å². The second kappa shape index (κ2) is 6.70. The molecule has 6 nitrogen and oxygen atoms in total. The number of nitro groups is 1. The van der Waals surface area contributed by atoms with Gasteiger partial charge < -0.3 is 5.32 Å². The molecule has 0 unspecified atom stereocenters. The molecule has 0 aliphatic carbocycles. The number of amides is 1. The van der Waals surface area contributed by atoms with E-state index in [-0.39, 0.29) is 11.5 Å². The van der Waals surface area contributed by atoms with E-state index >= 15 is 0 Å². The number of pyridine rings is 1. The van der Waals surface area contributed by atoms with Crippen LogP contribution in [0.3, 0.4) is 0 Å². The standard InChI is InChI=1S/C18H13N3O3/c22-18(20-17-16(21(23)24)11-6-12-19-17)15-10-5-4-9-14(15)13-7-2-1-3-8-13/h1-12H,(H,19,20,22). The summed E-state index contributed by atoms with van der Waals surface area (Å²) < 4.78 is 0. The van der Waals surface area contributed by atoms with Gasteiger partial charge >= 0.3 is 5.69 Å². The number of carbonyl (C=O) groups is 1. The molecule has 3 aromatic rings. The van der Waals surface area contributed by atoms with E-state index in [0.717, 1.165) is 11.1 Å². The van der Waals surface area contributed by atoms with Crippen molar-refractivity contribution in [3.05, 3.63) is 88.6 Å². The van der Waals surface area contributed by atoms with Crippen molar-refractivity contribution < 1.29 is 9.72 Å². The minimum absolute atomic E-state index is 0.0737. The van der Waals surface area contributed by atoms with E-state index in [1.54, 1.807) is 12.1 Å². The highest BCUT2D eigenvalue weighted by Crippen LogP contribution is 2.26. The van der Waals surface area contributed by atoms with E-state index < -0.39 is 10.8 Å². The lowest BCUT2D eigenvalue weighted by Crippen LogP contribution is -2.15. The minimum Gasteiger partial charge on any atom is -0.301 e. The van der Waals surface area contributed by atoms with Crippen molar-refractivity contribution >= 4 is 17.4 Å². The maximum atomic E-state index is 12.6. The smallest absolute Gasteiger partial charge is 0.301 e. The maximum absolute atomic E-state index is 12.6. The van der Waals surface area contributed by atoms with Crippen LogP contribution in [-0.4, -0.2) is 15.8 Å². The minimum atomic E-state index is -0.578. The Labute approximate surface area is 137 Å². The first kappa shape index (κ1) is 15.4. The summed E-state index contributed by atoms with van der Waals surface area (Å²) in [6.07, 6.45) is 1.39. The highest BCUT2D eigenvalue weighted by atomic mass is 16.6. The topological polar surface area (TPSA) is 85.1 Å². The number of rotatable bonds is 4. The molecule has 3 rings (SSSR count). The van der Waals surface area contributed by atoms with E-state index in [2.05, 4.69) is 10.3 Å². The van der Waals surface area contributed by atoms with Gasteiger partial charge in [0.05, 0.1) is 4.92 Å². The lowest BCUT2D eigenvalue weighted by atomic mass is 9.99.